The summed E-state index contributed by atoms with van der Waals surface area (Å²) in [7, 11) is -1.10. The maximum atomic E-state index is 12.9. The Kier molecular flexibility index (Phi) is 7.91. The Morgan fingerprint density at radius 1 is 1.13 bits per heavy atom. The third-order valence-corrected chi connectivity index (χ3v) is 6.00. The number of carbonyl (C=O) groups excluding carboxylic acids is 1. The Labute approximate surface area is 178 Å². The third-order valence-electron chi connectivity index (χ3n) is 4.21. The standard InChI is InChI=1S/C20H23F3N2O5S/c1-14(12-30-13-20(21,22)23)24-19(26)15-8-10-16(11-9-15)31(27,28)25(2)17-6-4-5-7-18(17)29-3/h4-11,14H,12-13H2,1-3H3,(H,24,26). The second-order valence-electron chi connectivity index (χ2n) is 6.67. The summed E-state index contributed by atoms with van der Waals surface area (Å²) in [5.41, 5.74) is 0.501. The number of rotatable bonds is 9. The van der Waals surface area contributed by atoms with Gasteiger partial charge in [0.25, 0.3) is 15.9 Å². The molecule has 0 aliphatic carbocycles. The predicted octanol–water partition coefficient (Wildman–Crippen LogP) is 3.22. The van der Waals surface area contributed by atoms with Gasteiger partial charge in [0.2, 0.25) is 0 Å². The molecule has 0 radical (unpaired) electrons. The molecule has 2 aromatic rings. The first-order valence-electron chi connectivity index (χ1n) is 9.13. The predicted molar refractivity (Wildman–Crippen MR) is 109 cm³/mol. The third kappa shape index (κ3) is 6.59. The van der Waals surface area contributed by atoms with Crippen molar-refractivity contribution in [3.8, 4) is 5.75 Å². The molecule has 31 heavy (non-hydrogen) atoms. The van der Waals surface area contributed by atoms with Crippen LogP contribution in [-0.2, 0) is 14.8 Å². The van der Waals surface area contributed by atoms with Gasteiger partial charge >= 0.3 is 6.18 Å². The molecule has 0 aliphatic rings. The van der Waals surface area contributed by atoms with Gasteiger partial charge < -0.3 is 14.8 Å². The minimum atomic E-state index is -4.44. The number of hydrogen-bond donors (Lipinski definition) is 1. The molecule has 0 heterocycles. The molecule has 0 saturated carbocycles. The molecule has 11 heteroatoms. The number of halogens is 3. The van der Waals surface area contributed by atoms with E-state index in [2.05, 4.69) is 10.1 Å². The molecule has 170 valence electrons. The average Bonchev–Trinajstić information content (AvgIpc) is 2.72. The molecule has 1 amide bonds. The van der Waals surface area contributed by atoms with Gasteiger partial charge in [-0.2, -0.15) is 13.2 Å². The number of benzene rings is 2. The van der Waals surface area contributed by atoms with Crippen LogP contribution in [-0.4, -0.2) is 53.9 Å². The molecule has 1 unspecified atom stereocenters. The fourth-order valence-corrected chi connectivity index (χ4v) is 3.86. The van der Waals surface area contributed by atoms with Crippen LogP contribution in [0.3, 0.4) is 0 Å². The van der Waals surface area contributed by atoms with Crippen LogP contribution in [0.5, 0.6) is 5.75 Å². The summed E-state index contributed by atoms with van der Waals surface area (Å²) in [6.45, 7) is -0.226. The SMILES string of the molecule is COc1ccccc1N(C)S(=O)(=O)c1ccc(C(=O)NC(C)COCC(F)(F)F)cc1. The average molecular weight is 460 g/mol. The van der Waals surface area contributed by atoms with E-state index < -0.39 is 34.8 Å². The zero-order valence-electron chi connectivity index (χ0n) is 17.1. The van der Waals surface area contributed by atoms with Gasteiger partial charge in [0.15, 0.2) is 0 Å². The van der Waals surface area contributed by atoms with E-state index in [0.29, 0.717) is 11.4 Å². The van der Waals surface area contributed by atoms with E-state index in [1.54, 1.807) is 24.3 Å². The van der Waals surface area contributed by atoms with Crippen molar-refractivity contribution in [2.24, 2.45) is 0 Å². The van der Waals surface area contributed by atoms with Gasteiger partial charge in [0.05, 0.1) is 24.3 Å². The summed E-state index contributed by atoms with van der Waals surface area (Å²) in [5.74, 6) is -0.184. The second kappa shape index (κ2) is 10.0. The maximum Gasteiger partial charge on any atom is 0.411 e. The largest absolute Gasteiger partial charge is 0.495 e. The monoisotopic (exact) mass is 460 g/mol. The van der Waals surface area contributed by atoms with Gasteiger partial charge in [-0.25, -0.2) is 8.42 Å². The van der Waals surface area contributed by atoms with Crippen LogP contribution in [0.4, 0.5) is 18.9 Å². The molecule has 2 aromatic carbocycles. The minimum Gasteiger partial charge on any atom is -0.495 e. The van der Waals surface area contributed by atoms with Crippen LogP contribution >= 0.6 is 0 Å². The lowest BCUT2D eigenvalue weighted by Crippen LogP contribution is -2.36. The van der Waals surface area contributed by atoms with Crippen LogP contribution in [0.1, 0.15) is 17.3 Å². The Balaban J connectivity index is 2.07. The van der Waals surface area contributed by atoms with Gasteiger partial charge in [-0.1, -0.05) is 12.1 Å². The first-order valence-corrected chi connectivity index (χ1v) is 10.6. The summed E-state index contributed by atoms with van der Waals surface area (Å²) < 4.78 is 72.9. The molecule has 2 rings (SSSR count). The number of para-hydroxylation sites is 2. The number of sulfonamides is 1. The Bertz CT molecular complexity index is 995. The number of nitrogens with one attached hydrogen (secondary N) is 1. The molecule has 1 N–H and O–H groups in total. The summed E-state index contributed by atoms with van der Waals surface area (Å²) in [6.07, 6.45) is -4.44. The van der Waals surface area contributed by atoms with Crippen molar-refractivity contribution >= 4 is 21.6 Å². The lowest BCUT2D eigenvalue weighted by atomic mass is 10.2. The van der Waals surface area contributed by atoms with Crippen molar-refractivity contribution in [3.05, 3.63) is 54.1 Å². The molecule has 0 bridgehead atoms. The number of nitrogens with zero attached hydrogens (tertiary/aromatic N) is 1. The van der Waals surface area contributed by atoms with E-state index in [-0.39, 0.29) is 17.1 Å². The van der Waals surface area contributed by atoms with E-state index in [0.717, 1.165) is 4.31 Å². The van der Waals surface area contributed by atoms with E-state index in [9.17, 15) is 26.4 Å². The van der Waals surface area contributed by atoms with Crippen molar-refractivity contribution in [2.75, 3.05) is 31.7 Å². The van der Waals surface area contributed by atoms with Gasteiger partial charge in [-0.05, 0) is 43.3 Å². The molecule has 1 atom stereocenters. The minimum absolute atomic E-state index is 0.0426. The maximum absolute atomic E-state index is 12.9. The van der Waals surface area contributed by atoms with Gasteiger partial charge in [0.1, 0.15) is 12.4 Å². The van der Waals surface area contributed by atoms with E-state index >= 15 is 0 Å². The Morgan fingerprint density at radius 2 is 1.74 bits per heavy atom. The first kappa shape index (κ1) is 24.5. The molecule has 7 nitrogen and oxygen atoms in total. The van der Waals surface area contributed by atoms with Crippen molar-refractivity contribution in [1.82, 2.24) is 5.32 Å². The molecular weight excluding hydrogens is 437 g/mol. The summed E-state index contributed by atoms with van der Waals surface area (Å²) >= 11 is 0. The molecule has 0 saturated heterocycles. The fourth-order valence-electron chi connectivity index (χ4n) is 2.66. The fraction of sp³-hybridized carbons (Fsp3) is 0.350. The van der Waals surface area contributed by atoms with Crippen molar-refractivity contribution in [2.45, 2.75) is 24.0 Å². The molecular formula is C20H23F3N2O5S. The highest BCUT2D eigenvalue weighted by Crippen LogP contribution is 2.30. The lowest BCUT2D eigenvalue weighted by Gasteiger charge is -2.21. The van der Waals surface area contributed by atoms with Gasteiger partial charge in [0, 0.05) is 18.7 Å². The van der Waals surface area contributed by atoms with Crippen LogP contribution in [0.15, 0.2) is 53.4 Å². The number of ether oxygens (including phenoxy) is 2. The zero-order chi connectivity index (χ0) is 23.2. The van der Waals surface area contributed by atoms with Gasteiger partial charge in [-0.15, -0.1) is 0 Å². The van der Waals surface area contributed by atoms with Crippen molar-refractivity contribution < 1.29 is 35.9 Å². The quantitative estimate of drug-likeness (QED) is 0.621. The number of carbonyl (C=O) groups is 1. The second-order valence-corrected chi connectivity index (χ2v) is 8.64. The number of hydrogen-bond acceptors (Lipinski definition) is 5. The summed E-state index contributed by atoms with van der Waals surface area (Å²) in [6, 6.07) is 11.2. The molecule has 0 spiro atoms. The number of anilines is 1. The van der Waals surface area contributed by atoms with Crippen LogP contribution < -0.4 is 14.4 Å². The Morgan fingerprint density at radius 3 is 2.32 bits per heavy atom. The van der Waals surface area contributed by atoms with Crippen LogP contribution in [0, 0.1) is 0 Å². The Hall–Kier alpha value is -2.79. The molecule has 0 aromatic heterocycles. The number of amides is 1. The van der Waals surface area contributed by atoms with Crippen molar-refractivity contribution in [3.63, 3.8) is 0 Å². The molecule has 0 aliphatic heterocycles. The van der Waals surface area contributed by atoms with E-state index in [1.807, 2.05) is 0 Å². The van der Waals surface area contributed by atoms with Crippen molar-refractivity contribution in [1.29, 1.82) is 0 Å². The first-order chi connectivity index (χ1) is 14.5. The summed E-state index contributed by atoms with van der Waals surface area (Å²) in [4.78, 5) is 12.2. The number of alkyl halides is 3. The lowest BCUT2D eigenvalue weighted by molar-refractivity contribution is -0.174. The van der Waals surface area contributed by atoms with E-state index in [4.69, 9.17) is 4.74 Å². The highest BCUT2D eigenvalue weighted by molar-refractivity contribution is 7.92. The normalized spacial score (nSPS) is 12.8. The van der Waals surface area contributed by atoms with E-state index in [1.165, 1.54) is 45.3 Å². The highest BCUT2D eigenvalue weighted by Gasteiger charge is 2.28. The van der Waals surface area contributed by atoms with Crippen LogP contribution in [0.25, 0.3) is 0 Å². The number of methoxy groups -OCH3 is 1. The smallest absolute Gasteiger partial charge is 0.411 e. The van der Waals surface area contributed by atoms with Crippen LogP contribution in [0.2, 0.25) is 0 Å². The molecule has 0 fully saturated rings. The highest BCUT2D eigenvalue weighted by atomic mass is 32.2. The summed E-state index contributed by atoms with van der Waals surface area (Å²) in [5, 5.41) is 2.50. The van der Waals surface area contributed by atoms with Gasteiger partial charge in [-0.3, -0.25) is 9.10 Å². The zero-order valence-corrected chi connectivity index (χ0v) is 18.0. The topological polar surface area (TPSA) is 84.9 Å².